The van der Waals surface area contributed by atoms with Crippen molar-refractivity contribution in [3.05, 3.63) is 0 Å². The summed E-state index contributed by atoms with van der Waals surface area (Å²) in [6.45, 7) is 3.03. The SMILES string of the molecule is CCCCOC(=O)[C@@H]1CCCN1C(=O)OC. The molecule has 0 bridgehead atoms. The molecular weight excluding hydrogens is 210 g/mol. The number of carbonyl (C=O) groups is 2. The van der Waals surface area contributed by atoms with Crippen LogP contribution in [0.2, 0.25) is 0 Å². The highest BCUT2D eigenvalue weighted by Gasteiger charge is 2.35. The molecule has 0 aromatic heterocycles. The van der Waals surface area contributed by atoms with E-state index < -0.39 is 12.1 Å². The number of rotatable bonds is 4. The van der Waals surface area contributed by atoms with E-state index in [1.54, 1.807) is 0 Å². The number of amides is 1. The minimum Gasteiger partial charge on any atom is -0.464 e. The maximum absolute atomic E-state index is 11.7. The van der Waals surface area contributed by atoms with Crippen molar-refractivity contribution in [2.75, 3.05) is 20.3 Å². The molecule has 0 unspecified atom stereocenters. The molecule has 0 radical (unpaired) electrons. The van der Waals surface area contributed by atoms with Gasteiger partial charge in [-0.05, 0) is 19.3 Å². The van der Waals surface area contributed by atoms with E-state index in [0.29, 0.717) is 19.6 Å². The van der Waals surface area contributed by atoms with Crippen molar-refractivity contribution in [2.45, 2.75) is 38.6 Å². The minimum atomic E-state index is -0.454. The number of likely N-dealkylation sites (tertiary alicyclic amines) is 1. The average molecular weight is 229 g/mol. The monoisotopic (exact) mass is 229 g/mol. The quantitative estimate of drug-likeness (QED) is 0.542. The van der Waals surface area contributed by atoms with Gasteiger partial charge < -0.3 is 9.47 Å². The second kappa shape index (κ2) is 6.35. The number of hydrogen-bond acceptors (Lipinski definition) is 4. The van der Waals surface area contributed by atoms with Gasteiger partial charge in [-0.25, -0.2) is 9.59 Å². The number of ether oxygens (including phenoxy) is 2. The molecule has 1 rings (SSSR count). The summed E-state index contributed by atoms with van der Waals surface area (Å²) < 4.78 is 9.72. The summed E-state index contributed by atoms with van der Waals surface area (Å²) in [6, 6.07) is -0.454. The Morgan fingerprint density at radius 1 is 1.44 bits per heavy atom. The molecule has 1 amide bonds. The Kier molecular flexibility index (Phi) is 5.08. The van der Waals surface area contributed by atoms with Gasteiger partial charge in [0, 0.05) is 6.54 Å². The summed E-state index contributed by atoms with van der Waals surface area (Å²) >= 11 is 0. The lowest BCUT2D eigenvalue weighted by Crippen LogP contribution is -2.41. The van der Waals surface area contributed by atoms with E-state index in [4.69, 9.17) is 4.74 Å². The molecule has 0 aromatic carbocycles. The molecule has 1 atom stereocenters. The van der Waals surface area contributed by atoms with E-state index >= 15 is 0 Å². The van der Waals surface area contributed by atoms with Gasteiger partial charge in [0.25, 0.3) is 0 Å². The molecule has 5 nitrogen and oxygen atoms in total. The molecule has 1 aliphatic heterocycles. The third-order valence-electron chi connectivity index (χ3n) is 2.68. The Morgan fingerprint density at radius 3 is 2.81 bits per heavy atom. The highest BCUT2D eigenvalue weighted by atomic mass is 16.6. The van der Waals surface area contributed by atoms with Gasteiger partial charge in [-0.3, -0.25) is 4.90 Å². The van der Waals surface area contributed by atoms with Crippen LogP contribution in [-0.4, -0.2) is 43.3 Å². The van der Waals surface area contributed by atoms with Crippen molar-refractivity contribution >= 4 is 12.1 Å². The fourth-order valence-corrected chi connectivity index (χ4v) is 1.76. The van der Waals surface area contributed by atoms with Crippen LogP contribution in [0, 0.1) is 0 Å². The van der Waals surface area contributed by atoms with Crippen LogP contribution in [0.3, 0.4) is 0 Å². The maximum atomic E-state index is 11.7. The van der Waals surface area contributed by atoms with Crippen molar-refractivity contribution in [3.8, 4) is 0 Å². The van der Waals surface area contributed by atoms with Gasteiger partial charge in [-0.15, -0.1) is 0 Å². The van der Waals surface area contributed by atoms with Crippen LogP contribution in [-0.2, 0) is 14.3 Å². The first kappa shape index (κ1) is 12.8. The number of hydrogen-bond donors (Lipinski definition) is 0. The molecule has 0 spiro atoms. The van der Waals surface area contributed by atoms with Crippen molar-refractivity contribution in [2.24, 2.45) is 0 Å². The second-order valence-electron chi connectivity index (χ2n) is 3.84. The van der Waals surface area contributed by atoms with Crippen LogP contribution in [0.5, 0.6) is 0 Å². The maximum Gasteiger partial charge on any atom is 0.410 e. The molecule has 1 saturated heterocycles. The normalized spacial score (nSPS) is 19.6. The number of unbranched alkanes of at least 4 members (excludes halogenated alkanes) is 1. The zero-order valence-corrected chi connectivity index (χ0v) is 9.90. The van der Waals surface area contributed by atoms with Crippen molar-refractivity contribution in [3.63, 3.8) is 0 Å². The van der Waals surface area contributed by atoms with E-state index in [1.165, 1.54) is 12.0 Å². The van der Waals surface area contributed by atoms with Crippen LogP contribution in [0.4, 0.5) is 4.79 Å². The predicted octanol–water partition coefficient (Wildman–Crippen LogP) is 1.56. The van der Waals surface area contributed by atoms with Crippen LogP contribution in [0.15, 0.2) is 0 Å². The van der Waals surface area contributed by atoms with E-state index in [0.717, 1.165) is 19.3 Å². The fraction of sp³-hybridized carbons (Fsp3) is 0.818. The van der Waals surface area contributed by atoms with Gasteiger partial charge in [0.2, 0.25) is 0 Å². The first-order chi connectivity index (χ1) is 7.70. The Hall–Kier alpha value is -1.26. The molecule has 5 heteroatoms. The second-order valence-corrected chi connectivity index (χ2v) is 3.84. The van der Waals surface area contributed by atoms with Gasteiger partial charge >= 0.3 is 12.1 Å². The molecule has 0 N–H and O–H groups in total. The lowest BCUT2D eigenvalue weighted by Gasteiger charge is -2.21. The Bertz CT molecular complexity index is 254. The molecule has 1 fully saturated rings. The van der Waals surface area contributed by atoms with Crippen molar-refractivity contribution in [1.29, 1.82) is 0 Å². The summed E-state index contributed by atoms with van der Waals surface area (Å²) in [5.74, 6) is -0.309. The van der Waals surface area contributed by atoms with Gasteiger partial charge in [-0.2, -0.15) is 0 Å². The highest BCUT2D eigenvalue weighted by Crippen LogP contribution is 2.19. The average Bonchev–Trinajstić information content (AvgIpc) is 2.77. The summed E-state index contributed by atoms with van der Waals surface area (Å²) in [5, 5.41) is 0. The number of nitrogens with zero attached hydrogens (tertiary/aromatic N) is 1. The lowest BCUT2D eigenvalue weighted by molar-refractivity contribution is -0.148. The Labute approximate surface area is 95.7 Å². The predicted molar refractivity (Wildman–Crippen MR) is 58.0 cm³/mol. The van der Waals surface area contributed by atoms with Gasteiger partial charge in [0.1, 0.15) is 6.04 Å². The van der Waals surface area contributed by atoms with Gasteiger partial charge in [0.05, 0.1) is 13.7 Å². The third kappa shape index (κ3) is 3.12. The molecule has 16 heavy (non-hydrogen) atoms. The van der Waals surface area contributed by atoms with E-state index in [1.807, 2.05) is 6.92 Å². The lowest BCUT2D eigenvalue weighted by atomic mass is 10.2. The van der Waals surface area contributed by atoms with Crippen LogP contribution in [0.1, 0.15) is 32.6 Å². The number of esters is 1. The molecule has 0 aromatic rings. The summed E-state index contributed by atoms with van der Waals surface area (Å²) in [7, 11) is 1.32. The fourth-order valence-electron chi connectivity index (χ4n) is 1.76. The standard InChI is InChI=1S/C11H19NO4/c1-3-4-8-16-10(13)9-6-5-7-12(9)11(14)15-2/h9H,3-8H2,1-2H3/t9-/m0/s1. The Morgan fingerprint density at radius 2 is 2.19 bits per heavy atom. The summed E-state index contributed by atoms with van der Waals surface area (Å²) in [4.78, 5) is 24.5. The van der Waals surface area contributed by atoms with Crippen LogP contribution >= 0.6 is 0 Å². The first-order valence-electron chi connectivity index (χ1n) is 5.72. The molecule has 1 heterocycles. The smallest absolute Gasteiger partial charge is 0.410 e. The van der Waals surface area contributed by atoms with E-state index in [9.17, 15) is 9.59 Å². The third-order valence-corrected chi connectivity index (χ3v) is 2.68. The van der Waals surface area contributed by atoms with Gasteiger partial charge in [0.15, 0.2) is 0 Å². The largest absolute Gasteiger partial charge is 0.464 e. The molecule has 92 valence electrons. The number of carbonyl (C=O) groups excluding carboxylic acids is 2. The summed E-state index contributed by atoms with van der Waals surface area (Å²) in [6.07, 6.45) is 2.88. The van der Waals surface area contributed by atoms with Crippen LogP contribution in [0.25, 0.3) is 0 Å². The highest BCUT2D eigenvalue weighted by molar-refractivity contribution is 5.82. The Balaban J connectivity index is 2.44. The van der Waals surface area contributed by atoms with Crippen molar-refractivity contribution < 1.29 is 19.1 Å². The molecule has 0 aliphatic carbocycles. The number of methoxy groups -OCH3 is 1. The van der Waals surface area contributed by atoms with E-state index in [-0.39, 0.29) is 5.97 Å². The summed E-state index contributed by atoms with van der Waals surface area (Å²) in [5.41, 5.74) is 0. The van der Waals surface area contributed by atoms with Crippen molar-refractivity contribution in [1.82, 2.24) is 4.90 Å². The van der Waals surface area contributed by atoms with E-state index in [2.05, 4.69) is 4.74 Å². The zero-order valence-electron chi connectivity index (χ0n) is 9.90. The minimum absolute atomic E-state index is 0.309. The molecular formula is C11H19NO4. The zero-order chi connectivity index (χ0) is 12.0. The molecule has 1 aliphatic rings. The molecule has 0 saturated carbocycles. The topological polar surface area (TPSA) is 55.8 Å². The van der Waals surface area contributed by atoms with Crippen LogP contribution < -0.4 is 0 Å². The van der Waals surface area contributed by atoms with Gasteiger partial charge in [-0.1, -0.05) is 13.3 Å². The first-order valence-corrected chi connectivity index (χ1v) is 5.72.